The van der Waals surface area contributed by atoms with Crippen molar-refractivity contribution in [2.75, 3.05) is 0 Å². The molecule has 3 rings (SSSR count). The highest BCUT2D eigenvalue weighted by atomic mass is 16.3. The Labute approximate surface area is 101 Å². The third kappa shape index (κ3) is 1.91. The molecule has 0 radical (unpaired) electrons. The van der Waals surface area contributed by atoms with E-state index >= 15 is 0 Å². The molecule has 1 heterocycles. The number of rotatable bonds is 1. The highest BCUT2D eigenvalue weighted by Crippen LogP contribution is 2.31. The average Bonchev–Trinajstić information content (AvgIpc) is 2.40. The van der Waals surface area contributed by atoms with Crippen molar-refractivity contribution in [1.82, 2.24) is 4.98 Å². The minimum Gasteiger partial charge on any atom is -0.493 e. The number of benzene rings is 1. The van der Waals surface area contributed by atoms with Crippen molar-refractivity contribution in [3.05, 3.63) is 47.5 Å². The molecule has 1 aliphatic carbocycles. The molecule has 0 fully saturated rings. The van der Waals surface area contributed by atoms with Gasteiger partial charge in [-0.2, -0.15) is 0 Å². The Balaban J connectivity index is 2.11. The van der Waals surface area contributed by atoms with Gasteiger partial charge in [-0.3, -0.25) is 0 Å². The Morgan fingerprint density at radius 3 is 2.59 bits per heavy atom. The van der Waals surface area contributed by atoms with Crippen molar-refractivity contribution in [3.63, 3.8) is 0 Å². The molecule has 0 bridgehead atoms. The van der Waals surface area contributed by atoms with Gasteiger partial charge in [-0.05, 0) is 37.3 Å². The van der Waals surface area contributed by atoms with E-state index in [1.165, 1.54) is 12.0 Å². The number of pyridine rings is 1. The minimum absolute atomic E-state index is 0.223. The summed E-state index contributed by atoms with van der Waals surface area (Å²) < 4.78 is 0. The molecule has 1 aromatic carbocycles. The van der Waals surface area contributed by atoms with Gasteiger partial charge in [0.15, 0.2) is 0 Å². The average molecular weight is 225 g/mol. The van der Waals surface area contributed by atoms with Crippen molar-refractivity contribution in [2.45, 2.75) is 25.7 Å². The topological polar surface area (TPSA) is 33.1 Å². The number of fused-ring (bicyclic) bond motifs is 1. The van der Waals surface area contributed by atoms with Gasteiger partial charge in [0, 0.05) is 11.1 Å². The first kappa shape index (κ1) is 10.3. The third-order valence-electron chi connectivity index (χ3n) is 3.39. The van der Waals surface area contributed by atoms with Crippen LogP contribution < -0.4 is 0 Å². The molecule has 0 aliphatic heterocycles. The zero-order valence-electron chi connectivity index (χ0n) is 9.69. The van der Waals surface area contributed by atoms with Gasteiger partial charge in [-0.15, -0.1) is 0 Å². The zero-order valence-corrected chi connectivity index (χ0v) is 9.69. The molecule has 2 nitrogen and oxygen atoms in total. The SMILES string of the molecule is Oc1nc(-c2ccccc2)cc2c1CCCC2. The number of hydrogen-bond acceptors (Lipinski definition) is 2. The lowest BCUT2D eigenvalue weighted by molar-refractivity contribution is 0.441. The zero-order chi connectivity index (χ0) is 11.7. The lowest BCUT2D eigenvalue weighted by Gasteiger charge is -2.17. The summed E-state index contributed by atoms with van der Waals surface area (Å²) in [4.78, 5) is 4.31. The molecule has 2 aromatic rings. The van der Waals surface area contributed by atoms with Crippen LogP contribution in [0.25, 0.3) is 11.3 Å². The van der Waals surface area contributed by atoms with Crippen molar-refractivity contribution >= 4 is 0 Å². The number of aromatic hydroxyl groups is 1. The third-order valence-corrected chi connectivity index (χ3v) is 3.39. The van der Waals surface area contributed by atoms with Crippen LogP contribution in [-0.2, 0) is 12.8 Å². The Bertz CT molecular complexity index is 534. The predicted molar refractivity (Wildman–Crippen MR) is 68.0 cm³/mol. The van der Waals surface area contributed by atoms with E-state index in [0.29, 0.717) is 0 Å². The van der Waals surface area contributed by atoms with Gasteiger partial charge in [0.25, 0.3) is 0 Å². The molecule has 1 aliphatic rings. The van der Waals surface area contributed by atoms with E-state index in [-0.39, 0.29) is 5.88 Å². The molecular weight excluding hydrogens is 210 g/mol. The Morgan fingerprint density at radius 1 is 1.00 bits per heavy atom. The summed E-state index contributed by atoms with van der Waals surface area (Å²) >= 11 is 0. The van der Waals surface area contributed by atoms with Crippen LogP contribution in [0, 0.1) is 0 Å². The van der Waals surface area contributed by atoms with Gasteiger partial charge < -0.3 is 5.11 Å². The fraction of sp³-hybridized carbons (Fsp3) is 0.267. The maximum atomic E-state index is 9.99. The fourth-order valence-electron chi connectivity index (χ4n) is 2.48. The maximum Gasteiger partial charge on any atom is 0.214 e. The minimum atomic E-state index is 0.223. The lowest BCUT2D eigenvalue weighted by Crippen LogP contribution is -2.04. The van der Waals surface area contributed by atoms with Crippen molar-refractivity contribution in [2.24, 2.45) is 0 Å². The first-order valence-electron chi connectivity index (χ1n) is 6.12. The van der Waals surface area contributed by atoms with Crippen molar-refractivity contribution in [1.29, 1.82) is 0 Å². The first-order chi connectivity index (χ1) is 8.34. The van der Waals surface area contributed by atoms with Gasteiger partial charge in [0.1, 0.15) is 0 Å². The second-order valence-corrected chi connectivity index (χ2v) is 4.54. The molecule has 0 saturated carbocycles. The van der Waals surface area contributed by atoms with Gasteiger partial charge in [0.2, 0.25) is 5.88 Å². The van der Waals surface area contributed by atoms with E-state index in [0.717, 1.165) is 36.1 Å². The fourth-order valence-corrected chi connectivity index (χ4v) is 2.48. The van der Waals surface area contributed by atoms with Crippen LogP contribution in [0.2, 0.25) is 0 Å². The smallest absolute Gasteiger partial charge is 0.214 e. The largest absolute Gasteiger partial charge is 0.493 e. The molecule has 0 spiro atoms. The van der Waals surface area contributed by atoms with Crippen LogP contribution >= 0.6 is 0 Å². The lowest BCUT2D eigenvalue weighted by atomic mass is 9.91. The van der Waals surface area contributed by atoms with E-state index in [9.17, 15) is 5.11 Å². The molecule has 17 heavy (non-hydrogen) atoms. The molecule has 0 unspecified atom stereocenters. The second-order valence-electron chi connectivity index (χ2n) is 4.54. The van der Waals surface area contributed by atoms with Gasteiger partial charge >= 0.3 is 0 Å². The highest BCUT2D eigenvalue weighted by molar-refractivity contribution is 5.62. The molecule has 0 atom stereocenters. The molecule has 1 aromatic heterocycles. The van der Waals surface area contributed by atoms with Crippen molar-refractivity contribution < 1.29 is 5.11 Å². The molecule has 0 amide bonds. The summed E-state index contributed by atoms with van der Waals surface area (Å²) in [6.45, 7) is 0. The summed E-state index contributed by atoms with van der Waals surface area (Å²) in [5.74, 6) is 0.223. The van der Waals surface area contributed by atoms with E-state index < -0.39 is 0 Å². The first-order valence-corrected chi connectivity index (χ1v) is 6.12. The van der Waals surface area contributed by atoms with Crippen molar-refractivity contribution in [3.8, 4) is 17.1 Å². The van der Waals surface area contributed by atoms with Crippen LogP contribution in [0.3, 0.4) is 0 Å². The highest BCUT2D eigenvalue weighted by Gasteiger charge is 2.16. The number of nitrogens with zero attached hydrogens (tertiary/aromatic N) is 1. The number of aryl methyl sites for hydroxylation is 1. The standard InChI is InChI=1S/C15H15NO/c17-15-13-9-5-4-8-12(13)10-14(16-15)11-6-2-1-3-7-11/h1-3,6-7,10H,4-5,8-9H2,(H,16,17). The van der Waals surface area contributed by atoms with Crippen LogP contribution in [0.4, 0.5) is 0 Å². The van der Waals surface area contributed by atoms with E-state index in [2.05, 4.69) is 11.1 Å². The summed E-state index contributed by atoms with van der Waals surface area (Å²) in [7, 11) is 0. The van der Waals surface area contributed by atoms with Crippen LogP contribution in [0.5, 0.6) is 5.88 Å². The van der Waals surface area contributed by atoms with E-state index in [4.69, 9.17) is 0 Å². The summed E-state index contributed by atoms with van der Waals surface area (Å²) in [6.07, 6.45) is 4.39. The molecular formula is C15H15NO. The number of hydrogen-bond donors (Lipinski definition) is 1. The summed E-state index contributed by atoms with van der Waals surface area (Å²) in [5.41, 5.74) is 4.26. The van der Waals surface area contributed by atoms with Gasteiger partial charge in [-0.25, -0.2) is 4.98 Å². The predicted octanol–water partition coefficient (Wildman–Crippen LogP) is 3.33. The Hall–Kier alpha value is -1.83. The maximum absolute atomic E-state index is 9.99. The van der Waals surface area contributed by atoms with Gasteiger partial charge in [-0.1, -0.05) is 30.3 Å². The molecule has 1 N–H and O–H groups in total. The Kier molecular flexibility index (Phi) is 2.56. The second kappa shape index (κ2) is 4.21. The Morgan fingerprint density at radius 2 is 1.76 bits per heavy atom. The summed E-state index contributed by atoms with van der Waals surface area (Å²) in [5, 5.41) is 9.99. The number of aromatic nitrogens is 1. The molecule has 0 saturated heterocycles. The molecule has 86 valence electrons. The van der Waals surface area contributed by atoms with Crippen LogP contribution in [-0.4, -0.2) is 10.1 Å². The van der Waals surface area contributed by atoms with Crippen LogP contribution in [0.1, 0.15) is 24.0 Å². The van der Waals surface area contributed by atoms with Crippen LogP contribution in [0.15, 0.2) is 36.4 Å². The molecule has 2 heteroatoms. The van der Waals surface area contributed by atoms with Gasteiger partial charge in [0.05, 0.1) is 5.69 Å². The summed E-state index contributed by atoms with van der Waals surface area (Å²) in [6, 6.07) is 12.2. The van der Waals surface area contributed by atoms with E-state index in [1.807, 2.05) is 30.3 Å². The monoisotopic (exact) mass is 225 g/mol. The van der Waals surface area contributed by atoms with E-state index in [1.54, 1.807) is 0 Å². The quantitative estimate of drug-likeness (QED) is 0.807. The normalized spacial score (nSPS) is 14.4.